The van der Waals surface area contributed by atoms with E-state index in [0.717, 1.165) is 6.07 Å². The second kappa shape index (κ2) is 5.96. The van der Waals surface area contributed by atoms with Crippen LogP contribution in [-0.4, -0.2) is 32.8 Å². The van der Waals surface area contributed by atoms with Crippen molar-refractivity contribution in [2.24, 2.45) is 10.9 Å². The molecule has 7 nitrogen and oxygen atoms in total. The predicted octanol–water partition coefficient (Wildman–Crippen LogP) is 1.34. The van der Waals surface area contributed by atoms with Crippen molar-refractivity contribution in [2.75, 3.05) is 0 Å². The Morgan fingerprint density at radius 1 is 0.864 bits per heavy atom. The Hall–Kier alpha value is -3.35. The number of carboxylic acid groups (broad SMARTS) is 1. The number of carbonyl (C=O) groups is 2. The van der Waals surface area contributed by atoms with Crippen LogP contribution in [0, 0.1) is 0 Å². The highest BCUT2D eigenvalue weighted by Crippen LogP contribution is 2.25. The van der Waals surface area contributed by atoms with Crippen LogP contribution in [0.1, 0.15) is 26.3 Å². The predicted molar refractivity (Wildman–Crippen MR) is 78.2 cm³/mol. The lowest BCUT2D eigenvalue weighted by Crippen LogP contribution is -2.18. The van der Waals surface area contributed by atoms with Gasteiger partial charge in [-0.1, -0.05) is 12.1 Å². The molecule has 0 aromatic heterocycles. The molecule has 0 saturated heterocycles. The van der Waals surface area contributed by atoms with Gasteiger partial charge in [0.1, 0.15) is 5.71 Å². The van der Waals surface area contributed by atoms with Crippen molar-refractivity contribution in [1.29, 1.82) is 0 Å². The highest BCUT2D eigenvalue weighted by Gasteiger charge is 2.18. The molecule has 112 valence electrons. The van der Waals surface area contributed by atoms with Crippen LogP contribution in [0.4, 0.5) is 0 Å². The minimum atomic E-state index is -1.09. The van der Waals surface area contributed by atoms with E-state index < -0.39 is 17.5 Å². The van der Waals surface area contributed by atoms with Gasteiger partial charge < -0.3 is 21.2 Å². The molecule has 0 heterocycles. The molecule has 0 unspecified atom stereocenters. The van der Waals surface area contributed by atoms with Gasteiger partial charge in [-0.15, -0.1) is 0 Å². The smallest absolute Gasteiger partial charge is 0.335 e. The number of nitrogens with two attached hydrogens (primary N) is 1. The number of carbonyl (C=O) groups excluding carboxylic acids is 1. The number of carboxylic acids is 1. The van der Waals surface area contributed by atoms with E-state index in [1.807, 2.05) is 0 Å². The number of Topliss-reactive ketones (excluding diaryl/α,β-unsaturated/α-hetero) is 1. The lowest BCUT2D eigenvalue weighted by molar-refractivity contribution is 0.0696. The summed E-state index contributed by atoms with van der Waals surface area (Å²) in [6, 6.07) is 9.04. The Labute approximate surface area is 124 Å². The quantitative estimate of drug-likeness (QED) is 0.221. The first-order chi connectivity index (χ1) is 10.4. The van der Waals surface area contributed by atoms with Crippen LogP contribution in [0.15, 0.2) is 47.6 Å². The number of phenolic OH excluding ortho intramolecular Hbond substituents is 2. The third-order valence-electron chi connectivity index (χ3n) is 2.99. The third-order valence-corrected chi connectivity index (χ3v) is 2.99. The topological polar surface area (TPSA) is 133 Å². The number of hydrazone groups is 1. The van der Waals surface area contributed by atoms with E-state index in [9.17, 15) is 19.8 Å². The highest BCUT2D eigenvalue weighted by molar-refractivity contribution is 6.51. The summed E-state index contributed by atoms with van der Waals surface area (Å²) in [7, 11) is 0. The largest absolute Gasteiger partial charge is 0.504 e. The summed E-state index contributed by atoms with van der Waals surface area (Å²) in [6.07, 6.45) is 0. The van der Waals surface area contributed by atoms with E-state index in [2.05, 4.69) is 5.10 Å². The number of ketones is 1. The van der Waals surface area contributed by atoms with Crippen LogP contribution >= 0.6 is 0 Å². The first kappa shape index (κ1) is 15.0. The Morgan fingerprint density at radius 2 is 1.41 bits per heavy atom. The number of aromatic carboxylic acids is 1. The standard InChI is InChI=1S/C15H12N2O5/c16-17-13(8-1-3-9(4-2-8)15(21)22)14(20)10-5-6-11(18)12(19)7-10/h1-7,18-19H,16H2,(H,21,22). The molecule has 0 spiro atoms. The van der Waals surface area contributed by atoms with Gasteiger partial charge in [0.25, 0.3) is 0 Å². The van der Waals surface area contributed by atoms with Gasteiger partial charge in [0.15, 0.2) is 11.5 Å². The molecule has 2 aromatic rings. The van der Waals surface area contributed by atoms with Gasteiger partial charge in [-0.25, -0.2) is 4.79 Å². The normalized spacial score (nSPS) is 11.2. The maximum atomic E-state index is 12.3. The number of benzene rings is 2. The van der Waals surface area contributed by atoms with Gasteiger partial charge in [-0.3, -0.25) is 4.79 Å². The number of hydrogen-bond donors (Lipinski definition) is 4. The fraction of sp³-hybridized carbons (Fsp3) is 0. The van der Waals surface area contributed by atoms with Gasteiger partial charge in [0, 0.05) is 11.1 Å². The van der Waals surface area contributed by atoms with Crippen molar-refractivity contribution in [3.63, 3.8) is 0 Å². The summed E-state index contributed by atoms with van der Waals surface area (Å²) in [4.78, 5) is 23.1. The van der Waals surface area contributed by atoms with Crippen LogP contribution < -0.4 is 5.84 Å². The molecule has 2 aromatic carbocycles. The summed E-state index contributed by atoms with van der Waals surface area (Å²) in [5.74, 6) is 2.79. The summed E-state index contributed by atoms with van der Waals surface area (Å²) in [6.45, 7) is 0. The molecular formula is C15H12N2O5. The molecular weight excluding hydrogens is 288 g/mol. The van der Waals surface area contributed by atoms with Crippen LogP contribution in [0.3, 0.4) is 0 Å². The minimum Gasteiger partial charge on any atom is -0.504 e. The average Bonchev–Trinajstić information content (AvgIpc) is 2.51. The van der Waals surface area contributed by atoms with Gasteiger partial charge in [0.05, 0.1) is 5.56 Å². The van der Waals surface area contributed by atoms with Crippen molar-refractivity contribution in [2.45, 2.75) is 0 Å². The van der Waals surface area contributed by atoms with Crippen molar-refractivity contribution < 1.29 is 24.9 Å². The lowest BCUT2D eigenvalue weighted by Gasteiger charge is -2.06. The zero-order valence-corrected chi connectivity index (χ0v) is 11.2. The Kier molecular flexibility index (Phi) is 4.08. The Bertz CT molecular complexity index is 766. The number of hydrogen-bond acceptors (Lipinski definition) is 6. The van der Waals surface area contributed by atoms with E-state index in [1.54, 1.807) is 0 Å². The molecule has 0 fully saturated rings. The Balaban J connectivity index is 2.37. The van der Waals surface area contributed by atoms with Gasteiger partial charge in [0.2, 0.25) is 5.78 Å². The summed E-state index contributed by atoms with van der Waals surface area (Å²) in [5, 5.41) is 31.0. The lowest BCUT2D eigenvalue weighted by atomic mass is 9.99. The van der Waals surface area contributed by atoms with Crippen molar-refractivity contribution in [3.8, 4) is 11.5 Å². The molecule has 0 amide bonds. The van der Waals surface area contributed by atoms with Crippen molar-refractivity contribution >= 4 is 17.5 Å². The second-order valence-corrected chi connectivity index (χ2v) is 4.39. The number of nitrogens with zero attached hydrogens (tertiary/aromatic N) is 1. The van der Waals surface area contributed by atoms with Crippen LogP contribution in [-0.2, 0) is 0 Å². The second-order valence-electron chi connectivity index (χ2n) is 4.39. The first-order valence-electron chi connectivity index (χ1n) is 6.12. The molecule has 0 aliphatic carbocycles. The minimum absolute atomic E-state index is 0.0647. The van der Waals surface area contributed by atoms with E-state index in [1.165, 1.54) is 36.4 Å². The van der Waals surface area contributed by atoms with Gasteiger partial charge in [-0.2, -0.15) is 5.10 Å². The molecule has 0 aliphatic heterocycles. The molecule has 0 atom stereocenters. The highest BCUT2D eigenvalue weighted by atomic mass is 16.4. The molecule has 7 heteroatoms. The molecule has 0 radical (unpaired) electrons. The summed E-state index contributed by atoms with van der Waals surface area (Å²) < 4.78 is 0. The van der Waals surface area contributed by atoms with Crippen molar-refractivity contribution in [3.05, 3.63) is 59.2 Å². The third kappa shape index (κ3) is 2.88. The molecule has 5 N–H and O–H groups in total. The maximum absolute atomic E-state index is 12.3. The molecule has 22 heavy (non-hydrogen) atoms. The number of phenols is 2. The Morgan fingerprint density at radius 3 is 1.91 bits per heavy atom. The van der Waals surface area contributed by atoms with E-state index >= 15 is 0 Å². The number of aromatic hydroxyl groups is 2. The molecule has 0 saturated carbocycles. The fourth-order valence-electron chi connectivity index (χ4n) is 1.84. The number of rotatable bonds is 4. The van der Waals surface area contributed by atoms with Crippen LogP contribution in [0.25, 0.3) is 0 Å². The first-order valence-corrected chi connectivity index (χ1v) is 6.12. The molecule has 0 bridgehead atoms. The summed E-state index contributed by atoms with van der Waals surface area (Å²) >= 11 is 0. The molecule has 0 aliphatic rings. The average molecular weight is 300 g/mol. The maximum Gasteiger partial charge on any atom is 0.335 e. The zero-order chi connectivity index (χ0) is 16.3. The van der Waals surface area contributed by atoms with Gasteiger partial charge >= 0.3 is 5.97 Å². The molecule has 2 rings (SSSR count). The zero-order valence-electron chi connectivity index (χ0n) is 11.2. The van der Waals surface area contributed by atoms with Gasteiger partial charge in [-0.05, 0) is 30.3 Å². The summed E-state index contributed by atoms with van der Waals surface area (Å²) in [5.41, 5.74) is 0.392. The van der Waals surface area contributed by atoms with E-state index in [-0.39, 0.29) is 22.6 Å². The SMILES string of the molecule is NN=C(C(=O)c1ccc(O)c(O)c1)c1ccc(C(=O)O)cc1. The van der Waals surface area contributed by atoms with Crippen LogP contribution in [0.2, 0.25) is 0 Å². The van der Waals surface area contributed by atoms with Crippen molar-refractivity contribution in [1.82, 2.24) is 0 Å². The van der Waals surface area contributed by atoms with E-state index in [0.29, 0.717) is 5.56 Å². The van der Waals surface area contributed by atoms with Crippen LogP contribution in [0.5, 0.6) is 11.5 Å². The fourth-order valence-corrected chi connectivity index (χ4v) is 1.84. The van der Waals surface area contributed by atoms with E-state index in [4.69, 9.17) is 10.9 Å². The monoisotopic (exact) mass is 300 g/mol.